The second-order valence-corrected chi connectivity index (χ2v) is 7.42. The van der Waals surface area contributed by atoms with Crippen molar-refractivity contribution < 1.29 is 14.0 Å². The first-order valence-electron chi connectivity index (χ1n) is 8.23. The number of carbonyl (C=O) groups is 2. The van der Waals surface area contributed by atoms with Gasteiger partial charge in [0.2, 0.25) is 5.91 Å². The van der Waals surface area contributed by atoms with Gasteiger partial charge in [0.25, 0.3) is 5.91 Å². The van der Waals surface area contributed by atoms with Crippen molar-refractivity contribution >= 4 is 23.2 Å². The minimum Gasteiger partial charge on any atom is -0.355 e. The Morgan fingerprint density at radius 2 is 1.88 bits per heavy atom. The van der Waals surface area contributed by atoms with Crippen LogP contribution in [0.25, 0.3) is 0 Å². The van der Waals surface area contributed by atoms with Crippen molar-refractivity contribution in [1.82, 2.24) is 10.6 Å². The van der Waals surface area contributed by atoms with Crippen molar-refractivity contribution in [2.75, 3.05) is 13.1 Å². The maximum absolute atomic E-state index is 13.9. The molecule has 134 valence electrons. The van der Waals surface area contributed by atoms with Crippen LogP contribution in [0.1, 0.15) is 41.9 Å². The van der Waals surface area contributed by atoms with E-state index in [1.54, 1.807) is 24.3 Å². The highest BCUT2D eigenvalue weighted by Gasteiger charge is 2.24. The molecule has 0 saturated carbocycles. The smallest absolute Gasteiger partial charge is 0.261 e. The average Bonchev–Trinajstić information content (AvgIpc) is 3.12. The lowest BCUT2D eigenvalue weighted by molar-refractivity contribution is -0.121. The summed E-state index contributed by atoms with van der Waals surface area (Å²) in [6.07, 6.45) is 0.876. The number of amides is 2. The predicted octanol–water partition coefficient (Wildman–Crippen LogP) is 3.49. The molecule has 2 rings (SSSR count). The quantitative estimate of drug-likeness (QED) is 0.706. The fourth-order valence-electron chi connectivity index (χ4n) is 2.46. The van der Waals surface area contributed by atoms with E-state index in [-0.39, 0.29) is 17.6 Å². The van der Waals surface area contributed by atoms with Gasteiger partial charge in [0.15, 0.2) is 0 Å². The molecule has 0 spiro atoms. The normalized spacial score (nSPS) is 11.2. The molecule has 0 unspecified atom stereocenters. The first-order chi connectivity index (χ1) is 11.9. The van der Waals surface area contributed by atoms with E-state index < -0.39 is 5.41 Å². The fraction of sp³-hybridized carbons (Fsp3) is 0.368. The van der Waals surface area contributed by atoms with E-state index in [0.717, 1.165) is 0 Å². The SMILES string of the molecule is CC(C)(CNC(=O)CCCNC(=O)c1cccs1)c1ccccc1F. The molecule has 0 radical (unpaired) electrons. The molecule has 0 saturated heterocycles. The monoisotopic (exact) mass is 362 g/mol. The maximum Gasteiger partial charge on any atom is 0.261 e. The van der Waals surface area contributed by atoms with Gasteiger partial charge in [-0.1, -0.05) is 38.1 Å². The maximum atomic E-state index is 13.9. The minimum absolute atomic E-state index is 0.102. The topological polar surface area (TPSA) is 58.2 Å². The van der Waals surface area contributed by atoms with E-state index >= 15 is 0 Å². The Hall–Kier alpha value is -2.21. The molecule has 4 nitrogen and oxygen atoms in total. The second-order valence-electron chi connectivity index (χ2n) is 6.48. The minimum atomic E-state index is -0.492. The van der Waals surface area contributed by atoms with Crippen molar-refractivity contribution in [3.05, 3.63) is 58.0 Å². The Kier molecular flexibility index (Phi) is 6.70. The molecular formula is C19H23FN2O2S. The lowest BCUT2D eigenvalue weighted by Gasteiger charge is -2.26. The number of hydrogen-bond acceptors (Lipinski definition) is 3. The Morgan fingerprint density at radius 3 is 2.56 bits per heavy atom. The van der Waals surface area contributed by atoms with E-state index in [2.05, 4.69) is 10.6 Å². The van der Waals surface area contributed by atoms with Crippen molar-refractivity contribution in [2.45, 2.75) is 32.1 Å². The van der Waals surface area contributed by atoms with Gasteiger partial charge in [0, 0.05) is 24.9 Å². The van der Waals surface area contributed by atoms with Gasteiger partial charge in [0.05, 0.1) is 4.88 Å². The van der Waals surface area contributed by atoms with E-state index in [0.29, 0.717) is 36.4 Å². The highest BCUT2D eigenvalue weighted by atomic mass is 32.1. The number of hydrogen-bond donors (Lipinski definition) is 2. The summed E-state index contributed by atoms with van der Waals surface area (Å²) < 4.78 is 13.9. The summed E-state index contributed by atoms with van der Waals surface area (Å²) in [6, 6.07) is 10.2. The van der Waals surface area contributed by atoms with E-state index in [1.165, 1.54) is 17.4 Å². The Labute approximate surface area is 151 Å². The van der Waals surface area contributed by atoms with Crippen LogP contribution in [0.3, 0.4) is 0 Å². The third-order valence-electron chi connectivity index (χ3n) is 3.94. The number of carbonyl (C=O) groups excluding carboxylic acids is 2. The Bertz CT molecular complexity index is 714. The van der Waals surface area contributed by atoms with Crippen LogP contribution in [0.15, 0.2) is 41.8 Å². The third-order valence-corrected chi connectivity index (χ3v) is 4.81. The molecule has 6 heteroatoms. The highest BCUT2D eigenvalue weighted by molar-refractivity contribution is 7.12. The summed E-state index contributed by atoms with van der Waals surface area (Å²) in [6.45, 7) is 4.59. The number of nitrogens with one attached hydrogen (secondary N) is 2. The summed E-state index contributed by atoms with van der Waals surface area (Å²) in [4.78, 5) is 24.4. The summed E-state index contributed by atoms with van der Waals surface area (Å²) in [7, 11) is 0. The van der Waals surface area contributed by atoms with Crippen LogP contribution in [0.2, 0.25) is 0 Å². The van der Waals surface area contributed by atoms with Crippen LogP contribution in [-0.2, 0) is 10.2 Å². The van der Waals surface area contributed by atoms with E-state index in [4.69, 9.17) is 0 Å². The Balaban J connectivity index is 1.70. The number of rotatable bonds is 8. The molecule has 2 N–H and O–H groups in total. The molecular weight excluding hydrogens is 339 g/mol. The summed E-state index contributed by atoms with van der Waals surface area (Å²) >= 11 is 1.38. The van der Waals surface area contributed by atoms with Crippen molar-refractivity contribution in [3.63, 3.8) is 0 Å². The van der Waals surface area contributed by atoms with Crippen LogP contribution in [0.5, 0.6) is 0 Å². The van der Waals surface area contributed by atoms with Gasteiger partial charge in [-0.15, -0.1) is 11.3 Å². The van der Waals surface area contributed by atoms with Crippen LogP contribution < -0.4 is 10.6 Å². The van der Waals surface area contributed by atoms with Crippen molar-refractivity contribution in [1.29, 1.82) is 0 Å². The summed E-state index contributed by atoms with van der Waals surface area (Å²) in [5.74, 6) is -0.482. The van der Waals surface area contributed by atoms with Gasteiger partial charge in [-0.3, -0.25) is 9.59 Å². The van der Waals surface area contributed by atoms with Gasteiger partial charge < -0.3 is 10.6 Å². The number of halogens is 1. The molecule has 0 atom stereocenters. The van der Waals surface area contributed by atoms with Crippen LogP contribution in [0.4, 0.5) is 4.39 Å². The molecule has 1 aromatic carbocycles. The molecule has 0 fully saturated rings. The second kappa shape index (κ2) is 8.76. The first kappa shape index (κ1) is 19.1. The zero-order valence-corrected chi connectivity index (χ0v) is 15.3. The van der Waals surface area contributed by atoms with Crippen LogP contribution >= 0.6 is 11.3 Å². The van der Waals surface area contributed by atoms with Crippen molar-refractivity contribution in [3.8, 4) is 0 Å². The largest absolute Gasteiger partial charge is 0.355 e. The van der Waals surface area contributed by atoms with Gasteiger partial charge in [-0.2, -0.15) is 0 Å². The lowest BCUT2D eigenvalue weighted by Crippen LogP contribution is -2.37. The molecule has 2 aromatic rings. The van der Waals surface area contributed by atoms with Crippen LogP contribution in [0, 0.1) is 5.82 Å². The fourth-order valence-corrected chi connectivity index (χ4v) is 3.10. The van der Waals surface area contributed by atoms with Gasteiger partial charge in [-0.05, 0) is 29.5 Å². The molecule has 2 amide bonds. The number of thiophene rings is 1. The summed E-state index contributed by atoms with van der Waals surface area (Å²) in [5, 5.41) is 7.48. The van der Waals surface area contributed by atoms with Gasteiger partial charge in [-0.25, -0.2) is 4.39 Å². The highest BCUT2D eigenvalue weighted by Crippen LogP contribution is 2.24. The Morgan fingerprint density at radius 1 is 1.12 bits per heavy atom. The molecule has 25 heavy (non-hydrogen) atoms. The van der Waals surface area contributed by atoms with Crippen LogP contribution in [-0.4, -0.2) is 24.9 Å². The van der Waals surface area contributed by atoms with Gasteiger partial charge in [0.1, 0.15) is 5.82 Å². The first-order valence-corrected chi connectivity index (χ1v) is 9.11. The third kappa shape index (κ3) is 5.67. The lowest BCUT2D eigenvalue weighted by atomic mass is 9.84. The molecule has 1 heterocycles. The van der Waals surface area contributed by atoms with Crippen molar-refractivity contribution in [2.24, 2.45) is 0 Å². The molecule has 0 aliphatic heterocycles. The molecule has 1 aromatic heterocycles. The van der Waals surface area contributed by atoms with Gasteiger partial charge >= 0.3 is 0 Å². The zero-order valence-electron chi connectivity index (χ0n) is 14.5. The van der Waals surface area contributed by atoms with E-state index in [1.807, 2.05) is 25.3 Å². The standard InChI is InChI=1S/C19H23FN2O2S/c1-19(2,14-7-3-4-8-15(14)20)13-22-17(23)10-5-11-21-18(24)16-9-6-12-25-16/h3-4,6-9,12H,5,10-11,13H2,1-2H3,(H,21,24)(H,22,23). The summed E-state index contributed by atoms with van der Waals surface area (Å²) in [5.41, 5.74) is 0.0903. The zero-order chi connectivity index (χ0) is 18.3. The average molecular weight is 362 g/mol. The molecule has 0 aliphatic rings. The molecule has 0 aliphatic carbocycles. The predicted molar refractivity (Wildman–Crippen MR) is 98.3 cm³/mol. The molecule has 0 bridgehead atoms. The van der Waals surface area contributed by atoms with E-state index in [9.17, 15) is 14.0 Å². The number of benzene rings is 1.